The summed E-state index contributed by atoms with van der Waals surface area (Å²) in [6.45, 7) is 5.80. The number of fused-ring (bicyclic) bond motifs is 2. The molecular weight excluding hydrogens is 422 g/mol. The first-order valence-electron chi connectivity index (χ1n) is 13.3. The van der Waals surface area contributed by atoms with Gasteiger partial charge in [0, 0.05) is 36.7 Å². The summed E-state index contributed by atoms with van der Waals surface area (Å²) in [7, 11) is 1.46. The molecule has 0 spiro atoms. The Bertz CT molecular complexity index is 588. The smallest absolute Gasteiger partial charge is 0.334 e. The number of hydrogen-bond acceptors (Lipinski definition) is 6. The summed E-state index contributed by atoms with van der Waals surface area (Å²) in [6, 6.07) is 0.808. The minimum atomic E-state index is -0.386. The van der Waals surface area contributed by atoms with Gasteiger partial charge in [-0.05, 0) is 76.0 Å². The van der Waals surface area contributed by atoms with Gasteiger partial charge in [-0.2, -0.15) is 11.8 Å². The Hall–Kier alpha value is -0.300. The molecule has 6 heteroatoms. The van der Waals surface area contributed by atoms with E-state index in [0.29, 0.717) is 18.6 Å². The molecule has 0 aromatic carbocycles. The van der Waals surface area contributed by atoms with Crippen molar-refractivity contribution in [2.24, 2.45) is 17.8 Å². The summed E-state index contributed by atoms with van der Waals surface area (Å²) in [5.41, 5.74) is 0. The predicted octanol–water partition coefficient (Wildman–Crippen LogP) is 4.92. The lowest BCUT2D eigenvalue weighted by atomic mass is 9.66. The number of carbonyl (C=O) groups is 1. The molecule has 4 fully saturated rings. The van der Waals surface area contributed by atoms with Gasteiger partial charge in [0.25, 0.3) is 0 Å². The zero-order valence-electron chi connectivity index (χ0n) is 20.3. The van der Waals surface area contributed by atoms with Crippen LogP contribution in [0.4, 0.5) is 0 Å². The molecule has 1 saturated heterocycles. The second-order valence-corrected chi connectivity index (χ2v) is 11.9. The molecule has 3 aliphatic carbocycles. The zero-order valence-corrected chi connectivity index (χ0v) is 21.2. The van der Waals surface area contributed by atoms with Gasteiger partial charge in [-0.15, -0.1) is 0 Å². The number of rotatable bonds is 9. The molecular formula is C26H45NO4S. The Morgan fingerprint density at radius 2 is 1.88 bits per heavy atom. The maximum absolute atomic E-state index is 12.0. The Balaban J connectivity index is 1.17. The van der Waals surface area contributed by atoms with Gasteiger partial charge in [0.05, 0.1) is 19.8 Å². The van der Waals surface area contributed by atoms with Crippen molar-refractivity contribution >= 4 is 17.7 Å². The van der Waals surface area contributed by atoms with E-state index in [1.165, 1.54) is 83.6 Å². The molecule has 0 aromatic rings. The highest BCUT2D eigenvalue weighted by Gasteiger charge is 2.38. The molecule has 0 aromatic heterocycles. The summed E-state index contributed by atoms with van der Waals surface area (Å²) in [5.74, 6) is 3.29. The van der Waals surface area contributed by atoms with E-state index in [4.69, 9.17) is 14.2 Å². The van der Waals surface area contributed by atoms with Crippen LogP contribution < -0.4 is 0 Å². The first-order chi connectivity index (χ1) is 15.7. The van der Waals surface area contributed by atoms with Crippen molar-refractivity contribution in [1.82, 2.24) is 4.90 Å². The quantitative estimate of drug-likeness (QED) is 0.449. The van der Waals surface area contributed by atoms with Gasteiger partial charge < -0.3 is 14.2 Å². The van der Waals surface area contributed by atoms with Gasteiger partial charge in [-0.25, -0.2) is 4.79 Å². The van der Waals surface area contributed by atoms with E-state index >= 15 is 0 Å². The third-order valence-electron chi connectivity index (χ3n) is 8.63. The van der Waals surface area contributed by atoms with E-state index in [0.717, 1.165) is 42.7 Å². The van der Waals surface area contributed by atoms with Gasteiger partial charge in [-0.3, -0.25) is 4.90 Å². The van der Waals surface area contributed by atoms with Crippen molar-refractivity contribution in [1.29, 1.82) is 0 Å². The van der Waals surface area contributed by atoms with Crippen LogP contribution in [0.15, 0.2) is 0 Å². The summed E-state index contributed by atoms with van der Waals surface area (Å²) in [5, 5.41) is 0.879. The van der Waals surface area contributed by atoms with Crippen LogP contribution in [0.5, 0.6) is 0 Å². The van der Waals surface area contributed by atoms with Gasteiger partial charge in [0.15, 0.2) is 6.10 Å². The molecule has 4 aliphatic rings. The highest BCUT2D eigenvalue weighted by atomic mass is 32.2. The van der Waals surface area contributed by atoms with Crippen molar-refractivity contribution in [3.63, 3.8) is 0 Å². The van der Waals surface area contributed by atoms with Crippen LogP contribution in [0.1, 0.15) is 77.6 Å². The summed E-state index contributed by atoms with van der Waals surface area (Å²) < 4.78 is 17.1. The number of ether oxygens (including phenoxy) is 3. The van der Waals surface area contributed by atoms with E-state index < -0.39 is 0 Å². The molecule has 0 amide bonds. The van der Waals surface area contributed by atoms with E-state index in [1.807, 2.05) is 6.92 Å². The topological polar surface area (TPSA) is 48.0 Å². The van der Waals surface area contributed by atoms with Crippen LogP contribution in [-0.2, 0) is 19.0 Å². The van der Waals surface area contributed by atoms with Crippen molar-refractivity contribution in [2.45, 2.75) is 101 Å². The largest absolute Gasteiger partial charge is 0.467 e. The van der Waals surface area contributed by atoms with E-state index in [1.54, 1.807) is 0 Å². The number of thioether (sulfide) groups is 1. The first-order valence-corrected chi connectivity index (χ1v) is 14.4. The maximum atomic E-state index is 12.0. The van der Waals surface area contributed by atoms with Crippen molar-refractivity contribution < 1.29 is 19.0 Å². The van der Waals surface area contributed by atoms with Crippen LogP contribution in [0.25, 0.3) is 0 Å². The summed E-state index contributed by atoms with van der Waals surface area (Å²) in [6.07, 6.45) is 14.0. The van der Waals surface area contributed by atoms with Crippen LogP contribution in [-0.4, -0.2) is 73.5 Å². The van der Waals surface area contributed by atoms with Crippen molar-refractivity contribution in [2.75, 3.05) is 39.2 Å². The molecule has 7 atom stereocenters. The first kappa shape index (κ1) is 24.8. The fourth-order valence-corrected chi connectivity index (χ4v) is 8.47. The molecule has 0 bridgehead atoms. The average Bonchev–Trinajstić information content (AvgIpc) is 2.83. The van der Waals surface area contributed by atoms with Crippen LogP contribution in [0.2, 0.25) is 0 Å². The molecule has 1 heterocycles. The molecule has 4 rings (SSSR count). The molecule has 0 radical (unpaired) electrons. The zero-order chi connectivity index (χ0) is 22.3. The average molecular weight is 468 g/mol. The van der Waals surface area contributed by atoms with Gasteiger partial charge >= 0.3 is 5.97 Å². The third-order valence-corrected chi connectivity index (χ3v) is 10.0. The van der Waals surface area contributed by atoms with Gasteiger partial charge in [-0.1, -0.05) is 19.3 Å². The highest BCUT2D eigenvalue weighted by molar-refractivity contribution is 8.00. The van der Waals surface area contributed by atoms with Crippen molar-refractivity contribution in [3.8, 4) is 0 Å². The third kappa shape index (κ3) is 6.43. The van der Waals surface area contributed by atoms with E-state index in [9.17, 15) is 4.79 Å². The molecule has 3 saturated carbocycles. The Morgan fingerprint density at radius 1 is 1.06 bits per heavy atom. The summed E-state index contributed by atoms with van der Waals surface area (Å²) >= 11 is 2.22. The van der Waals surface area contributed by atoms with Crippen LogP contribution >= 0.6 is 11.8 Å². The Kier molecular flexibility index (Phi) is 9.63. The molecule has 1 aliphatic heterocycles. The number of carbonyl (C=O) groups excluding carboxylic acids is 1. The van der Waals surface area contributed by atoms with Crippen molar-refractivity contribution in [3.05, 3.63) is 0 Å². The highest BCUT2D eigenvalue weighted by Crippen LogP contribution is 2.45. The molecule has 0 N–H and O–H groups in total. The summed E-state index contributed by atoms with van der Waals surface area (Å²) in [4.78, 5) is 14.8. The van der Waals surface area contributed by atoms with E-state index in [2.05, 4.69) is 16.7 Å². The van der Waals surface area contributed by atoms with Gasteiger partial charge in [0.2, 0.25) is 0 Å². The minimum Gasteiger partial charge on any atom is -0.467 e. The number of methoxy groups -OCH3 is 1. The lowest BCUT2D eigenvalue weighted by Gasteiger charge is -2.44. The molecule has 5 nitrogen and oxygen atoms in total. The monoisotopic (exact) mass is 467 g/mol. The lowest BCUT2D eigenvalue weighted by molar-refractivity contribution is -0.155. The molecule has 7 unspecified atom stereocenters. The number of esters is 1. The van der Waals surface area contributed by atoms with Crippen LogP contribution in [0, 0.1) is 17.8 Å². The lowest BCUT2D eigenvalue weighted by Crippen LogP contribution is -2.50. The SMILES string of the molecule is CCOC(CC1CCC2CC(OCCN3CCSC4CCCCC43)CCC2C1)C(=O)OC. The maximum Gasteiger partial charge on any atom is 0.334 e. The minimum absolute atomic E-state index is 0.210. The van der Waals surface area contributed by atoms with Gasteiger partial charge in [0.1, 0.15) is 0 Å². The number of hydrogen-bond donors (Lipinski definition) is 0. The Labute approximate surface area is 199 Å². The molecule has 184 valence electrons. The second-order valence-electron chi connectivity index (χ2n) is 10.5. The fraction of sp³-hybridized carbons (Fsp3) is 0.962. The normalized spacial score (nSPS) is 36.7. The standard InChI is InChI=1S/C26H45NO4S/c1-3-30-24(26(28)29-2)17-19-8-9-21-18-22(11-10-20(21)16-19)31-14-12-27-13-15-32-25-7-5-4-6-23(25)27/h19-25H,3-18H2,1-2H3. The second kappa shape index (κ2) is 12.4. The van der Waals surface area contributed by atoms with Crippen LogP contribution in [0.3, 0.4) is 0 Å². The molecule has 32 heavy (non-hydrogen) atoms. The predicted molar refractivity (Wildman–Crippen MR) is 130 cm³/mol. The Morgan fingerprint density at radius 3 is 2.72 bits per heavy atom. The fourth-order valence-electron chi connectivity index (χ4n) is 6.97. The van der Waals surface area contributed by atoms with E-state index in [-0.39, 0.29) is 12.1 Å². The number of nitrogens with zero attached hydrogens (tertiary/aromatic N) is 1.